The number of carboxylic acid groups (broad SMARTS) is 2. The minimum absolute atomic E-state index is 0.0304. The Bertz CT molecular complexity index is 1480. The Morgan fingerprint density at radius 3 is 1.65 bits per heavy atom. The molecule has 0 aliphatic rings. The minimum Gasteiger partial charge on any atom is -0.481 e. The number of aliphatic imine (C=N–C) groups is 1. The van der Waals surface area contributed by atoms with Crippen LogP contribution in [0.5, 0.6) is 0 Å². The van der Waals surface area contributed by atoms with Crippen molar-refractivity contribution in [1.29, 1.82) is 0 Å². The van der Waals surface area contributed by atoms with Gasteiger partial charge in [0, 0.05) is 19.4 Å². The van der Waals surface area contributed by atoms with Crippen LogP contribution in [0.25, 0.3) is 0 Å². The van der Waals surface area contributed by atoms with E-state index in [1.807, 2.05) is 36.6 Å². The van der Waals surface area contributed by atoms with E-state index in [-0.39, 0.29) is 51.0 Å². The fourth-order valence-electron chi connectivity index (χ4n) is 4.92. The number of benzene rings is 2. The average Bonchev–Trinajstić information content (AvgIpc) is 3.09. The monoisotopic (exact) mass is 728 g/mol. The number of thioether (sulfide) groups is 1. The number of amides is 4. The van der Waals surface area contributed by atoms with Crippen molar-refractivity contribution in [1.82, 2.24) is 21.3 Å². The molecule has 0 fully saturated rings. The smallest absolute Gasteiger partial charge is 0.326 e. The summed E-state index contributed by atoms with van der Waals surface area (Å²) in [7, 11) is 0. The van der Waals surface area contributed by atoms with Crippen LogP contribution in [0.2, 0.25) is 0 Å². The molecule has 0 aromatic heterocycles. The first-order valence-electron chi connectivity index (χ1n) is 16.3. The van der Waals surface area contributed by atoms with E-state index >= 15 is 0 Å². The van der Waals surface area contributed by atoms with Crippen LogP contribution in [0.15, 0.2) is 65.7 Å². The predicted molar refractivity (Wildman–Crippen MR) is 193 cm³/mol. The summed E-state index contributed by atoms with van der Waals surface area (Å²) in [5.41, 5.74) is 18.4. The molecule has 0 saturated carbocycles. The van der Waals surface area contributed by atoms with Crippen LogP contribution in [0.4, 0.5) is 0 Å². The number of carboxylic acids is 2. The second-order valence-corrected chi connectivity index (χ2v) is 12.7. The zero-order chi connectivity index (χ0) is 37.8. The lowest BCUT2D eigenvalue weighted by molar-refractivity contribution is -0.142. The fourth-order valence-corrected chi connectivity index (χ4v) is 5.39. The normalized spacial score (nSPS) is 13.7. The van der Waals surface area contributed by atoms with Crippen LogP contribution in [0.1, 0.15) is 43.2 Å². The standard InChI is InChI=1S/C34H48N8O8S/c1-51-18-16-26(39-29(45)23(35)19-21-9-4-2-5-10-21)32(48)41-25(14-15-28(43)44)31(47)40-24(13-8-17-38-34(36)37)30(46)42-27(33(49)50)20-22-11-6-3-7-12-22/h2-7,9-12,23-27H,8,13-20,35H2,1H3,(H,39,45)(H,40,47)(H,41,48)(H,42,46)(H,43,44)(H,49,50)(H4,36,37,38)/t23-,24-,25-,26-,27-/m0/s1. The Balaban J connectivity index is 2.25. The van der Waals surface area contributed by atoms with Gasteiger partial charge in [0.25, 0.3) is 0 Å². The molecule has 4 amide bonds. The van der Waals surface area contributed by atoms with Crippen LogP contribution >= 0.6 is 11.8 Å². The van der Waals surface area contributed by atoms with Gasteiger partial charge in [0.1, 0.15) is 24.2 Å². The molecule has 0 heterocycles. The van der Waals surface area contributed by atoms with E-state index in [1.54, 1.807) is 30.3 Å². The molecule has 16 nitrogen and oxygen atoms in total. The maximum absolute atomic E-state index is 13.6. The number of aliphatic carboxylic acids is 2. The zero-order valence-corrected chi connectivity index (χ0v) is 29.3. The van der Waals surface area contributed by atoms with Gasteiger partial charge in [-0.3, -0.25) is 29.0 Å². The summed E-state index contributed by atoms with van der Waals surface area (Å²) in [5, 5.41) is 29.4. The van der Waals surface area contributed by atoms with Crippen molar-refractivity contribution >= 4 is 53.3 Å². The van der Waals surface area contributed by atoms with Crippen LogP contribution in [-0.2, 0) is 41.6 Å². The molecule has 2 rings (SSSR count). The summed E-state index contributed by atoms with van der Waals surface area (Å²) in [6.07, 6.45) is 1.48. The molecule has 278 valence electrons. The Morgan fingerprint density at radius 2 is 1.16 bits per heavy atom. The number of nitrogens with zero attached hydrogens (tertiary/aromatic N) is 1. The Labute approximate surface area is 300 Å². The molecule has 0 aliphatic heterocycles. The number of rotatable bonds is 23. The molecule has 0 saturated heterocycles. The van der Waals surface area contributed by atoms with Gasteiger partial charge in [-0.15, -0.1) is 0 Å². The van der Waals surface area contributed by atoms with E-state index in [2.05, 4.69) is 26.3 Å². The van der Waals surface area contributed by atoms with E-state index in [4.69, 9.17) is 17.2 Å². The number of guanidine groups is 1. The minimum atomic E-state index is -1.44. The highest BCUT2D eigenvalue weighted by Gasteiger charge is 2.32. The first-order chi connectivity index (χ1) is 24.3. The lowest BCUT2D eigenvalue weighted by Gasteiger charge is -2.26. The largest absolute Gasteiger partial charge is 0.481 e. The molecule has 51 heavy (non-hydrogen) atoms. The second-order valence-electron chi connectivity index (χ2n) is 11.7. The molecule has 12 N–H and O–H groups in total. The first kappa shape index (κ1) is 42.0. The van der Waals surface area contributed by atoms with Crippen molar-refractivity contribution in [2.24, 2.45) is 22.2 Å². The van der Waals surface area contributed by atoms with Gasteiger partial charge in [-0.25, -0.2) is 4.79 Å². The molecule has 17 heteroatoms. The van der Waals surface area contributed by atoms with Crippen LogP contribution in [-0.4, -0.2) is 101 Å². The summed E-state index contributed by atoms with van der Waals surface area (Å²) in [5.74, 6) is -5.32. The molecule has 0 bridgehead atoms. The van der Waals surface area contributed by atoms with Crippen molar-refractivity contribution in [3.8, 4) is 0 Å². The quantitative estimate of drug-likeness (QED) is 0.0398. The van der Waals surface area contributed by atoms with E-state index in [0.29, 0.717) is 11.3 Å². The topological polar surface area (TPSA) is 281 Å². The highest BCUT2D eigenvalue weighted by molar-refractivity contribution is 7.98. The molecule has 2 aromatic carbocycles. The number of hydrogen-bond donors (Lipinski definition) is 9. The Hall–Kier alpha value is -5.16. The molecule has 5 atom stereocenters. The van der Waals surface area contributed by atoms with Crippen molar-refractivity contribution in [2.45, 2.75) is 75.2 Å². The summed E-state index contributed by atoms with van der Waals surface area (Å²) in [4.78, 5) is 81.0. The number of hydrogen-bond acceptors (Lipinski definition) is 9. The van der Waals surface area contributed by atoms with Crippen molar-refractivity contribution in [3.63, 3.8) is 0 Å². The Kier molecular flexibility index (Phi) is 18.6. The van der Waals surface area contributed by atoms with E-state index in [9.17, 15) is 39.0 Å². The van der Waals surface area contributed by atoms with Crippen LogP contribution in [0, 0.1) is 0 Å². The SMILES string of the molecule is CSCC[C@H](NC(=O)[C@@H](N)Cc1ccccc1)C(=O)N[C@@H](CCC(=O)O)C(=O)N[C@@H](CCCN=C(N)N)C(=O)N[C@@H](Cc1ccccc1)C(=O)O. The number of carbonyl (C=O) groups excluding carboxylic acids is 4. The molecule has 2 aromatic rings. The highest BCUT2D eigenvalue weighted by atomic mass is 32.2. The molecule has 0 unspecified atom stereocenters. The number of carbonyl (C=O) groups is 6. The summed E-state index contributed by atoms with van der Waals surface area (Å²) >= 11 is 1.42. The summed E-state index contributed by atoms with van der Waals surface area (Å²) in [6, 6.07) is 11.5. The van der Waals surface area contributed by atoms with Crippen molar-refractivity contribution in [3.05, 3.63) is 71.8 Å². The van der Waals surface area contributed by atoms with Gasteiger partial charge in [-0.2, -0.15) is 11.8 Å². The molecule has 0 aliphatic carbocycles. The van der Waals surface area contributed by atoms with Gasteiger partial charge < -0.3 is 48.7 Å². The van der Waals surface area contributed by atoms with Gasteiger partial charge in [0.2, 0.25) is 23.6 Å². The fraction of sp³-hybridized carbons (Fsp3) is 0.441. The summed E-state index contributed by atoms with van der Waals surface area (Å²) in [6.45, 7) is 0.0940. The van der Waals surface area contributed by atoms with Crippen molar-refractivity contribution < 1.29 is 39.0 Å². The van der Waals surface area contributed by atoms with Crippen molar-refractivity contribution in [2.75, 3.05) is 18.6 Å². The number of nitrogens with one attached hydrogen (secondary N) is 4. The predicted octanol–water partition coefficient (Wildman–Crippen LogP) is -0.506. The third-order valence-corrected chi connectivity index (χ3v) is 8.28. The number of nitrogens with two attached hydrogens (primary N) is 3. The van der Waals surface area contributed by atoms with Gasteiger partial charge in [0.05, 0.1) is 6.04 Å². The maximum Gasteiger partial charge on any atom is 0.326 e. The zero-order valence-electron chi connectivity index (χ0n) is 28.5. The highest BCUT2D eigenvalue weighted by Crippen LogP contribution is 2.09. The van der Waals surface area contributed by atoms with Crippen LogP contribution in [0.3, 0.4) is 0 Å². The van der Waals surface area contributed by atoms with E-state index in [1.165, 1.54) is 11.8 Å². The summed E-state index contributed by atoms with van der Waals surface area (Å²) < 4.78 is 0. The Morgan fingerprint density at radius 1 is 0.686 bits per heavy atom. The maximum atomic E-state index is 13.6. The third kappa shape index (κ3) is 16.4. The molecule has 0 spiro atoms. The van der Waals surface area contributed by atoms with E-state index in [0.717, 1.165) is 5.56 Å². The second kappa shape index (κ2) is 22.5. The van der Waals surface area contributed by atoms with Gasteiger partial charge >= 0.3 is 11.9 Å². The first-order valence-corrected chi connectivity index (χ1v) is 17.7. The third-order valence-electron chi connectivity index (χ3n) is 7.63. The lowest BCUT2D eigenvalue weighted by Crippen LogP contribution is -2.58. The lowest BCUT2D eigenvalue weighted by atomic mass is 10.0. The molecular weight excluding hydrogens is 680 g/mol. The van der Waals surface area contributed by atoms with Crippen LogP contribution < -0.4 is 38.5 Å². The average molecular weight is 729 g/mol. The van der Waals surface area contributed by atoms with Gasteiger partial charge in [0.15, 0.2) is 5.96 Å². The van der Waals surface area contributed by atoms with Gasteiger partial charge in [-0.05, 0) is 55.2 Å². The van der Waals surface area contributed by atoms with E-state index < -0.39 is 72.2 Å². The van der Waals surface area contributed by atoms with Gasteiger partial charge in [-0.1, -0.05) is 60.7 Å². The molecule has 0 radical (unpaired) electrons. The molecular formula is C34H48N8O8S.